The quantitative estimate of drug-likeness (QED) is 0.658. The van der Waals surface area contributed by atoms with Gasteiger partial charge in [0.05, 0.1) is 18.7 Å². The van der Waals surface area contributed by atoms with E-state index in [1.807, 2.05) is 36.0 Å². The highest BCUT2D eigenvalue weighted by atomic mass is 32.2. The van der Waals surface area contributed by atoms with E-state index in [0.29, 0.717) is 11.9 Å². The number of ether oxygens (including phenoxy) is 1. The average Bonchev–Trinajstić information content (AvgIpc) is 3.26. The summed E-state index contributed by atoms with van der Waals surface area (Å²) in [5, 5.41) is 6.68. The summed E-state index contributed by atoms with van der Waals surface area (Å²) >= 11 is 1.86. The molecule has 2 aromatic rings. The predicted octanol–water partition coefficient (Wildman–Crippen LogP) is 2.78. The maximum Gasteiger partial charge on any atom is 0.229 e. The molecule has 2 saturated carbocycles. The molecule has 7 nitrogen and oxygen atoms in total. The number of carbonyl (C=O) groups excluding carboxylic acids is 1. The molecule has 1 amide bonds. The lowest BCUT2D eigenvalue weighted by molar-refractivity contribution is -0.123. The van der Waals surface area contributed by atoms with Crippen molar-refractivity contribution in [2.24, 2.45) is 23.5 Å². The summed E-state index contributed by atoms with van der Waals surface area (Å²) in [5.74, 6) is 1.23. The summed E-state index contributed by atoms with van der Waals surface area (Å²) in [5.41, 5.74) is 6.46. The number of carbonyl (C=O) groups is 1. The Morgan fingerprint density at radius 1 is 1.34 bits per heavy atom. The van der Waals surface area contributed by atoms with Crippen LogP contribution in [0.4, 0.5) is 21.8 Å². The highest BCUT2D eigenvalue weighted by Crippen LogP contribution is 2.53. The Labute approximate surface area is 172 Å². The smallest absolute Gasteiger partial charge is 0.229 e. The Morgan fingerprint density at radius 2 is 2.24 bits per heavy atom. The van der Waals surface area contributed by atoms with Crippen LogP contribution in [0, 0.1) is 23.6 Å². The molecule has 0 spiro atoms. The van der Waals surface area contributed by atoms with Crippen molar-refractivity contribution in [3.63, 3.8) is 0 Å². The number of anilines is 3. The number of hydrogen-bond acceptors (Lipinski definition) is 7. The average molecular weight is 415 g/mol. The molecule has 9 heteroatoms. The van der Waals surface area contributed by atoms with Crippen molar-refractivity contribution < 1.29 is 13.9 Å². The van der Waals surface area contributed by atoms with E-state index >= 15 is 0 Å². The van der Waals surface area contributed by atoms with Crippen LogP contribution in [0.2, 0.25) is 0 Å². The van der Waals surface area contributed by atoms with Crippen molar-refractivity contribution in [2.45, 2.75) is 24.1 Å². The van der Waals surface area contributed by atoms with Gasteiger partial charge in [0.25, 0.3) is 0 Å². The van der Waals surface area contributed by atoms with Gasteiger partial charge in [-0.1, -0.05) is 6.07 Å². The van der Waals surface area contributed by atoms with Crippen molar-refractivity contribution in [3.05, 3.63) is 36.3 Å². The second kappa shape index (κ2) is 7.37. The zero-order valence-corrected chi connectivity index (χ0v) is 16.5. The number of rotatable bonds is 1. The highest BCUT2D eigenvalue weighted by Gasteiger charge is 2.55. The van der Waals surface area contributed by atoms with Gasteiger partial charge >= 0.3 is 0 Å². The van der Waals surface area contributed by atoms with Crippen LogP contribution in [0.3, 0.4) is 0 Å². The van der Waals surface area contributed by atoms with E-state index in [9.17, 15) is 9.18 Å². The molecule has 1 aromatic heterocycles. The van der Waals surface area contributed by atoms with E-state index in [-0.39, 0.29) is 41.5 Å². The SMILES string of the molecule is NC(=O)C1C2CC3SCCOc4cccc(c4)Nc4ncc(F)c(n4)NC1C3C2. The van der Waals surface area contributed by atoms with Gasteiger partial charge in [-0.2, -0.15) is 16.7 Å². The van der Waals surface area contributed by atoms with E-state index in [4.69, 9.17) is 10.5 Å². The molecule has 1 aliphatic heterocycles. The van der Waals surface area contributed by atoms with Gasteiger partial charge in [0, 0.05) is 28.8 Å². The van der Waals surface area contributed by atoms with E-state index in [0.717, 1.165) is 36.2 Å². The largest absolute Gasteiger partial charge is 0.493 e. The first-order valence-corrected chi connectivity index (χ1v) is 10.8. The maximum absolute atomic E-state index is 14.5. The molecular weight excluding hydrogens is 393 g/mol. The summed E-state index contributed by atoms with van der Waals surface area (Å²) in [4.78, 5) is 20.5. The maximum atomic E-state index is 14.5. The summed E-state index contributed by atoms with van der Waals surface area (Å²) < 4.78 is 20.4. The third-order valence-corrected chi connectivity index (χ3v) is 7.47. The molecule has 5 atom stereocenters. The van der Waals surface area contributed by atoms with Crippen LogP contribution in [0.15, 0.2) is 30.5 Å². The minimum Gasteiger partial charge on any atom is -0.493 e. The molecule has 2 heterocycles. The van der Waals surface area contributed by atoms with Gasteiger partial charge in [-0.15, -0.1) is 0 Å². The van der Waals surface area contributed by atoms with Gasteiger partial charge in [0.1, 0.15) is 5.75 Å². The predicted molar refractivity (Wildman–Crippen MR) is 110 cm³/mol. The van der Waals surface area contributed by atoms with Crippen LogP contribution in [0.1, 0.15) is 12.8 Å². The third-order valence-electron chi connectivity index (χ3n) is 6.09. The number of nitrogens with zero attached hydrogens (tertiary/aromatic N) is 2. The normalized spacial score (nSPS) is 30.3. The van der Waals surface area contributed by atoms with Crippen molar-refractivity contribution in [3.8, 4) is 5.75 Å². The molecule has 3 aliphatic rings. The molecule has 5 rings (SSSR count). The second-order valence-corrected chi connectivity index (χ2v) is 9.14. The summed E-state index contributed by atoms with van der Waals surface area (Å²) in [6.07, 6.45) is 3.01. The van der Waals surface area contributed by atoms with Gasteiger partial charge in [-0.3, -0.25) is 4.79 Å². The number of nitrogens with one attached hydrogen (secondary N) is 2. The first-order chi connectivity index (χ1) is 14.1. The van der Waals surface area contributed by atoms with Crippen molar-refractivity contribution in [2.75, 3.05) is 23.0 Å². The third kappa shape index (κ3) is 3.48. The Balaban J connectivity index is 1.51. The molecule has 1 aromatic carbocycles. The molecule has 152 valence electrons. The molecule has 0 radical (unpaired) electrons. The van der Waals surface area contributed by atoms with E-state index in [1.165, 1.54) is 0 Å². The van der Waals surface area contributed by atoms with Gasteiger partial charge in [0.15, 0.2) is 11.6 Å². The molecule has 2 fully saturated rings. The Kier molecular flexibility index (Phi) is 4.69. The van der Waals surface area contributed by atoms with Gasteiger partial charge < -0.3 is 21.1 Å². The topological polar surface area (TPSA) is 102 Å². The molecule has 0 saturated heterocycles. The number of amides is 1. The second-order valence-electron chi connectivity index (χ2n) is 7.79. The molecule has 6 bridgehead atoms. The van der Waals surface area contributed by atoms with Crippen LogP contribution in [-0.2, 0) is 4.79 Å². The van der Waals surface area contributed by atoms with Crippen LogP contribution in [-0.4, -0.2) is 39.5 Å². The lowest BCUT2D eigenvalue weighted by atomic mass is 9.83. The fourth-order valence-electron chi connectivity index (χ4n) is 4.94. The lowest BCUT2D eigenvalue weighted by Crippen LogP contribution is -2.46. The molecular formula is C20H22FN5O2S. The Bertz CT molecular complexity index is 945. The number of primary amides is 1. The fraction of sp³-hybridized carbons (Fsp3) is 0.450. The van der Waals surface area contributed by atoms with Crippen molar-refractivity contribution in [1.29, 1.82) is 0 Å². The van der Waals surface area contributed by atoms with Crippen molar-refractivity contribution in [1.82, 2.24) is 9.97 Å². The van der Waals surface area contributed by atoms with Crippen LogP contribution in [0.25, 0.3) is 0 Å². The van der Waals surface area contributed by atoms with Crippen molar-refractivity contribution >= 4 is 35.1 Å². The monoisotopic (exact) mass is 415 g/mol. The first kappa shape index (κ1) is 18.5. The summed E-state index contributed by atoms with van der Waals surface area (Å²) in [7, 11) is 0. The summed E-state index contributed by atoms with van der Waals surface area (Å²) in [6, 6.07) is 7.28. The molecule has 5 unspecified atom stereocenters. The zero-order valence-electron chi connectivity index (χ0n) is 15.7. The van der Waals surface area contributed by atoms with Crippen LogP contribution in [0.5, 0.6) is 5.75 Å². The number of fused-ring (bicyclic) bond motifs is 5. The first-order valence-electron chi connectivity index (χ1n) is 9.78. The Hall–Kier alpha value is -2.55. The van der Waals surface area contributed by atoms with Crippen LogP contribution < -0.4 is 21.1 Å². The lowest BCUT2D eigenvalue weighted by Gasteiger charge is -2.35. The molecule has 4 N–H and O–H groups in total. The number of hydrogen-bond donors (Lipinski definition) is 3. The number of aromatic nitrogens is 2. The number of benzene rings is 1. The number of halogens is 1. The number of nitrogens with two attached hydrogens (primary N) is 1. The zero-order chi connectivity index (χ0) is 20.0. The number of thioether (sulfide) groups is 1. The minimum atomic E-state index is -0.549. The molecule has 29 heavy (non-hydrogen) atoms. The van der Waals surface area contributed by atoms with Gasteiger partial charge in [-0.05, 0) is 36.8 Å². The van der Waals surface area contributed by atoms with E-state index < -0.39 is 5.82 Å². The Morgan fingerprint density at radius 3 is 3.10 bits per heavy atom. The summed E-state index contributed by atoms with van der Waals surface area (Å²) in [6.45, 7) is 0.595. The fourth-order valence-corrected chi connectivity index (χ4v) is 6.33. The van der Waals surface area contributed by atoms with Gasteiger partial charge in [0.2, 0.25) is 11.9 Å². The molecule has 2 aliphatic carbocycles. The van der Waals surface area contributed by atoms with Crippen LogP contribution >= 0.6 is 11.8 Å². The standard InChI is InChI=1S/C20H22FN5O2S/c21-14-9-23-20-24-11-2-1-3-12(8-11)28-4-5-29-15-7-10-6-13(15)17(16(10)18(22)27)25-19(14)26-20/h1-3,8-10,13,15-17H,4-7H2,(H2,22,27)(H2,23,24,25,26). The van der Waals surface area contributed by atoms with E-state index in [1.54, 1.807) is 0 Å². The minimum absolute atomic E-state index is 0.0947. The van der Waals surface area contributed by atoms with Gasteiger partial charge in [-0.25, -0.2) is 9.37 Å². The highest BCUT2D eigenvalue weighted by molar-refractivity contribution is 7.99. The van der Waals surface area contributed by atoms with E-state index in [2.05, 4.69) is 20.6 Å².